The van der Waals surface area contributed by atoms with E-state index in [1.807, 2.05) is 18.2 Å². The summed E-state index contributed by atoms with van der Waals surface area (Å²) in [6.45, 7) is 4.41. The van der Waals surface area contributed by atoms with Crippen molar-refractivity contribution in [3.8, 4) is 11.5 Å². The summed E-state index contributed by atoms with van der Waals surface area (Å²) < 4.78 is 6.22. The third kappa shape index (κ3) is 1.90. The fourth-order valence-electron chi connectivity index (χ4n) is 3.99. The lowest BCUT2D eigenvalue weighted by Gasteiger charge is -2.30. The van der Waals surface area contributed by atoms with Gasteiger partial charge >= 0.3 is 0 Å². The van der Waals surface area contributed by atoms with Crippen LogP contribution in [0, 0.1) is 0 Å². The number of halogens is 1. The molecular formula is C18H18ClNO. The van der Waals surface area contributed by atoms with Crippen LogP contribution in [0.2, 0.25) is 5.02 Å². The number of benzene rings is 2. The highest BCUT2D eigenvalue weighted by Crippen LogP contribution is 2.53. The fourth-order valence-corrected chi connectivity index (χ4v) is 4.17. The Kier molecular flexibility index (Phi) is 2.82. The van der Waals surface area contributed by atoms with Gasteiger partial charge in [-0.15, -0.1) is 0 Å². The second-order valence-corrected chi connectivity index (χ2v) is 6.88. The van der Waals surface area contributed by atoms with E-state index in [9.17, 15) is 0 Å². The average Bonchev–Trinajstić information content (AvgIpc) is 2.73. The van der Waals surface area contributed by atoms with Gasteiger partial charge in [0.25, 0.3) is 0 Å². The molecule has 21 heavy (non-hydrogen) atoms. The molecular weight excluding hydrogens is 282 g/mol. The smallest absolute Gasteiger partial charge is 0.131 e. The maximum absolute atomic E-state index is 6.24. The third-order valence-electron chi connectivity index (χ3n) is 4.93. The van der Waals surface area contributed by atoms with Crippen LogP contribution in [-0.2, 0) is 5.41 Å². The topological polar surface area (TPSA) is 12.5 Å². The van der Waals surface area contributed by atoms with Crippen molar-refractivity contribution in [2.75, 3.05) is 20.1 Å². The summed E-state index contributed by atoms with van der Waals surface area (Å²) >= 11 is 6.24. The summed E-state index contributed by atoms with van der Waals surface area (Å²) in [6, 6.07) is 14.4. The normalized spacial score (nSPS) is 27.3. The molecule has 0 spiro atoms. The first-order valence-corrected chi connectivity index (χ1v) is 7.71. The van der Waals surface area contributed by atoms with Crippen LogP contribution < -0.4 is 4.74 Å². The number of hydrogen-bond donors (Lipinski definition) is 0. The minimum Gasteiger partial charge on any atom is -0.457 e. The maximum atomic E-state index is 6.24. The molecule has 1 saturated heterocycles. The molecule has 3 heteroatoms. The number of para-hydroxylation sites is 1. The highest BCUT2D eigenvalue weighted by molar-refractivity contribution is 6.30. The predicted molar refractivity (Wildman–Crippen MR) is 85.6 cm³/mol. The van der Waals surface area contributed by atoms with E-state index in [1.54, 1.807) is 0 Å². The molecule has 2 aliphatic heterocycles. The van der Waals surface area contributed by atoms with E-state index in [-0.39, 0.29) is 5.41 Å². The highest BCUT2D eigenvalue weighted by Gasteiger charge is 2.47. The van der Waals surface area contributed by atoms with E-state index in [2.05, 4.69) is 43.1 Å². The van der Waals surface area contributed by atoms with Crippen molar-refractivity contribution < 1.29 is 4.74 Å². The Labute approximate surface area is 130 Å². The predicted octanol–water partition coefficient (Wildman–Crippen LogP) is 4.43. The number of rotatable bonds is 0. The Morgan fingerprint density at radius 1 is 1.19 bits per heavy atom. The van der Waals surface area contributed by atoms with Gasteiger partial charge < -0.3 is 9.64 Å². The molecule has 0 N–H and O–H groups in total. The largest absolute Gasteiger partial charge is 0.457 e. The zero-order valence-corrected chi connectivity index (χ0v) is 13.0. The molecule has 2 aromatic rings. The van der Waals surface area contributed by atoms with Crippen LogP contribution in [-0.4, -0.2) is 25.0 Å². The molecule has 0 unspecified atom stereocenters. The van der Waals surface area contributed by atoms with Crippen molar-refractivity contribution in [2.24, 2.45) is 0 Å². The minimum atomic E-state index is 0.0568. The molecule has 2 aromatic carbocycles. The Morgan fingerprint density at radius 2 is 2.00 bits per heavy atom. The summed E-state index contributed by atoms with van der Waals surface area (Å²) in [6.07, 6.45) is 0. The Bertz CT molecular complexity index is 714. The van der Waals surface area contributed by atoms with Gasteiger partial charge in [0.05, 0.1) is 0 Å². The fraction of sp³-hybridized carbons (Fsp3) is 0.333. The first kappa shape index (κ1) is 13.2. The second kappa shape index (κ2) is 4.49. The summed E-state index contributed by atoms with van der Waals surface area (Å²) in [5.74, 6) is 2.32. The molecule has 1 fully saturated rings. The lowest BCUT2D eigenvalue weighted by atomic mass is 9.71. The van der Waals surface area contributed by atoms with Crippen molar-refractivity contribution in [1.29, 1.82) is 0 Å². The first-order chi connectivity index (χ1) is 10.1. The van der Waals surface area contributed by atoms with Crippen LogP contribution in [0.4, 0.5) is 0 Å². The van der Waals surface area contributed by atoms with Gasteiger partial charge in [0.2, 0.25) is 0 Å². The molecule has 2 aliphatic rings. The van der Waals surface area contributed by atoms with Crippen LogP contribution >= 0.6 is 11.6 Å². The Hall–Kier alpha value is -1.51. The molecule has 108 valence electrons. The zero-order valence-electron chi connectivity index (χ0n) is 12.3. The van der Waals surface area contributed by atoms with Gasteiger partial charge in [0.15, 0.2) is 0 Å². The summed E-state index contributed by atoms with van der Waals surface area (Å²) in [7, 11) is 2.19. The van der Waals surface area contributed by atoms with E-state index in [0.29, 0.717) is 5.92 Å². The number of fused-ring (bicyclic) bond motifs is 5. The van der Waals surface area contributed by atoms with Crippen LogP contribution in [0.3, 0.4) is 0 Å². The van der Waals surface area contributed by atoms with Gasteiger partial charge in [-0.05, 0) is 31.3 Å². The van der Waals surface area contributed by atoms with E-state index in [0.717, 1.165) is 29.6 Å². The summed E-state index contributed by atoms with van der Waals surface area (Å²) in [4.78, 5) is 2.40. The van der Waals surface area contributed by atoms with E-state index >= 15 is 0 Å². The minimum absolute atomic E-state index is 0.0568. The van der Waals surface area contributed by atoms with Crippen LogP contribution in [0.15, 0.2) is 42.5 Å². The SMILES string of the molecule is CN1C[C@@H]2c3cc(Cl)ccc3Oc3ccccc3[C@@]2(C)C1. The monoisotopic (exact) mass is 299 g/mol. The van der Waals surface area contributed by atoms with Gasteiger partial charge in [-0.25, -0.2) is 0 Å². The molecule has 0 aliphatic carbocycles. The Balaban J connectivity index is 2.00. The molecule has 0 radical (unpaired) electrons. The molecule has 2 atom stereocenters. The Morgan fingerprint density at radius 3 is 2.86 bits per heavy atom. The van der Waals surface area contributed by atoms with E-state index in [1.165, 1.54) is 11.1 Å². The number of likely N-dealkylation sites (N-methyl/N-ethyl adjacent to an activating group) is 1. The molecule has 2 heterocycles. The molecule has 0 saturated carbocycles. The number of likely N-dealkylation sites (tertiary alicyclic amines) is 1. The summed E-state index contributed by atoms with van der Waals surface area (Å²) in [5.41, 5.74) is 2.58. The first-order valence-electron chi connectivity index (χ1n) is 7.33. The summed E-state index contributed by atoms with van der Waals surface area (Å²) in [5, 5.41) is 0.778. The molecule has 0 amide bonds. The molecule has 4 rings (SSSR count). The average molecular weight is 300 g/mol. The van der Waals surface area contributed by atoms with Crippen molar-refractivity contribution >= 4 is 11.6 Å². The van der Waals surface area contributed by atoms with Gasteiger partial charge in [-0.1, -0.05) is 36.7 Å². The van der Waals surface area contributed by atoms with E-state index in [4.69, 9.17) is 16.3 Å². The van der Waals surface area contributed by atoms with Gasteiger partial charge in [-0.2, -0.15) is 0 Å². The van der Waals surface area contributed by atoms with Crippen molar-refractivity contribution in [2.45, 2.75) is 18.3 Å². The highest BCUT2D eigenvalue weighted by atomic mass is 35.5. The quantitative estimate of drug-likeness (QED) is 0.713. The standard InChI is InChI=1S/C18H18ClNO/c1-18-11-20(2)10-15(18)13-9-12(19)7-8-16(13)21-17-6-4-3-5-14(17)18/h3-9,15H,10-11H2,1-2H3/t15-,18-/m1/s1. The number of ether oxygens (including phenoxy) is 1. The maximum Gasteiger partial charge on any atom is 0.131 e. The second-order valence-electron chi connectivity index (χ2n) is 6.45. The van der Waals surface area contributed by atoms with E-state index < -0.39 is 0 Å². The molecule has 2 nitrogen and oxygen atoms in total. The van der Waals surface area contributed by atoms with Gasteiger partial charge in [-0.3, -0.25) is 0 Å². The third-order valence-corrected chi connectivity index (χ3v) is 5.17. The van der Waals surface area contributed by atoms with Gasteiger partial charge in [0, 0.05) is 40.6 Å². The van der Waals surface area contributed by atoms with Crippen molar-refractivity contribution in [3.63, 3.8) is 0 Å². The van der Waals surface area contributed by atoms with Crippen molar-refractivity contribution in [3.05, 3.63) is 58.6 Å². The van der Waals surface area contributed by atoms with Crippen molar-refractivity contribution in [1.82, 2.24) is 4.90 Å². The van der Waals surface area contributed by atoms with Crippen LogP contribution in [0.5, 0.6) is 11.5 Å². The molecule has 0 aromatic heterocycles. The molecule has 0 bridgehead atoms. The van der Waals surface area contributed by atoms with Crippen LogP contribution in [0.1, 0.15) is 24.0 Å². The zero-order chi connectivity index (χ0) is 14.6. The van der Waals surface area contributed by atoms with Gasteiger partial charge in [0.1, 0.15) is 11.5 Å². The lowest BCUT2D eigenvalue weighted by Crippen LogP contribution is -2.29. The number of nitrogens with zero attached hydrogens (tertiary/aromatic N) is 1. The lowest BCUT2D eigenvalue weighted by molar-refractivity contribution is 0.375. The van der Waals surface area contributed by atoms with Crippen LogP contribution in [0.25, 0.3) is 0 Å². The number of hydrogen-bond acceptors (Lipinski definition) is 2.